The SMILES string of the molecule is CN(C)c1ccc(N2C(=NC(=O)CCl)S[C@@H]3CS(=O)(=O)C[C@H]32)cc1. The summed E-state index contributed by atoms with van der Waals surface area (Å²) in [5.74, 6) is -0.418. The van der Waals surface area contributed by atoms with E-state index in [1.54, 1.807) is 0 Å². The van der Waals surface area contributed by atoms with Gasteiger partial charge in [0.15, 0.2) is 15.0 Å². The number of hydrogen-bond acceptors (Lipinski definition) is 5. The number of thioether (sulfide) groups is 1. The number of hydrogen-bond donors (Lipinski definition) is 0. The standard InChI is InChI=1S/C15H18ClN3O3S2/c1-18(2)10-3-5-11(6-4-10)19-12-8-24(21,22)9-13(12)23-15(19)17-14(20)7-16/h3-6,12-13H,7-9H2,1-2H3/t12-,13-/m1/s1. The molecule has 0 bridgehead atoms. The van der Waals surface area contributed by atoms with E-state index in [1.807, 2.05) is 48.2 Å². The second-order valence-corrected chi connectivity index (χ2v) is 9.63. The van der Waals surface area contributed by atoms with Gasteiger partial charge in [-0.1, -0.05) is 11.8 Å². The minimum absolute atomic E-state index is 0.0776. The fourth-order valence-corrected chi connectivity index (χ4v) is 6.91. The van der Waals surface area contributed by atoms with Gasteiger partial charge in [-0.05, 0) is 24.3 Å². The van der Waals surface area contributed by atoms with Gasteiger partial charge in [-0.15, -0.1) is 11.6 Å². The molecule has 1 aromatic rings. The molecule has 3 rings (SSSR count). The highest BCUT2D eigenvalue weighted by Gasteiger charge is 2.49. The van der Waals surface area contributed by atoms with E-state index in [0.717, 1.165) is 11.4 Å². The summed E-state index contributed by atoms with van der Waals surface area (Å²) in [7, 11) is 0.839. The molecule has 2 aliphatic heterocycles. The smallest absolute Gasteiger partial charge is 0.262 e. The number of halogens is 1. The highest BCUT2D eigenvalue weighted by molar-refractivity contribution is 8.16. The lowest BCUT2D eigenvalue weighted by molar-refractivity contribution is -0.115. The zero-order valence-corrected chi connectivity index (χ0v) is 15.7. The number of carbonyl (C=O) groups excluding carboxylic acids is 1. The maximum Gasteiger partial charge on any atom is 0.262 e. The molecule has 0 aromatic heterocycles. The molecule has 130 valence electrons. The quantitative estimate of drug-likeness (QED) is 0.733. The molecule has 1 aromatic carbocycles. The number of alkyl halides is 1. The van der Waals surface area contributed by atoms with E-state index in [0.29, 0.717) is 5.17 Å². The highest BCUT2D eigenvalue weighted by atomic mass is 35.5. The van der Waals surface area contributed by atoms with Crippen LogP contribution in [0, 0.1) is 0 Å². The number of amides is 1. The molecule has 2 aliphatic rings. The number of benzene rings is 1. The number of nitrogens with zero attached hydrogens (tertiary/aromatic N) is 3. The van der Waals surface area contributed by atoms with Gasteiger partial charge in [0, 0.05) is 30.7 Å². The third kappa shape index (κ3) is 3.41. The van der Waals surface area contributed by atoms with Crippen molar-refractivity contribution in [3.8, 4) is 0 Å². The van der Waals surface area contributed by atoms with Crippen LogP contribution in [-0.2, 0) is 14.6 Å². The Bertz CT molecular complexity index is 778. The second kappa shape index (κ2) is 6.57. The summed E-state index contributed by atoms with van der Waals surface area (Å²) in [6.45, 7) is 0. The molecular formula is C15H18ClN3O3S2. The minimum Gasteiger partial charge on any atom is -0.378 e. The highest BCUT2D eigenvalue weighted by Crippen LogP contribution is 2.41. The van der Waals surface area contributed by atoms with Crippen LogP contribution in [0.25, 0.3) is 0 Å². The second-order valence-electron chi connectivity index (χ2n) is 6.00. The first-order valence-electron chi connectivity index (χ1n) is 7.42. The van der Waals surface area contributed by atoms with Crippen LogP contribution in [-0.4, -0.2) is 62.3 Å². The van der Waals surface area contributed by atoms with Crippen molar-refractivity contribution in [1.82, 2.24) is 0 Å². The van der Waals surface area contributed by atoms with Crippen LogP contribution in [0.2, 0.25) is 0 Å². The van der Waals surface area contributed by atoms with Crippen molar-refractivity contribution in [3.05, 3.63) is 24.3 Å². The molecule has 2 fully saturated rings. The van der Waals surface area contributed by atoms with E-state index in [4.69, 9.17) is 11.6 Å². The summed E-state index contributed by atoms with van der Waals surface area (Å²) in [6.07, 6.45) is 0. The Morgan fingerprint density at radius 2 is 2.00 bits per heavy atom. The molecule has 0 aliphatic carbocycles. The zero-order valence-electron chi connectivity index (χ0n) is 13.3. The Kier molecular flexibility index (Phi) is 4.81. The Balaban J connectivity index is 1.98. The molecule has 0 saturated carbocycles. The molecule has 0 N–H and O–H groups in total. The maximum atomic E-state index is 12.0. The lowest BCUT2D eigenvalue weighted by Crippen LogP contribution is -2.37. The molecule has 0 radical (unpaired) electrons. The summed E-state index contributed by atoms with van der Waals surface area (Å²) >= 11 is 6.91. The molecule has 0 unspecified atom stereocenters. The third-order valence-corrected chi connectivity index (χ3v) is 7.48. The van der Waals surface area contributed by atoms with Gasteiger partial charge in [-0.3, -0.25) is 4.79 Å². The van der Waals surface area contributed by atoms with Crippen molar-refractivity contribution in [1.29, 1.82) is 0 Å². The van der Waals surface area contributed by atoms with Crippen molar-refractivity contribution < 1.29 is 13.2 Å². The minimum atomic E-state index is -3.06. The van der Waals surface area contributed by atoms with Gasteiger partial charge < -0.3 is 9.80 Å². The van der Waals surface area contributed by atoms with Crippen LogP contribution in [0.1, 0.15) is 0 Å². The van der Waals surface area contributed by atoms with Crippen LogP contribution < -0.4 is 9.80 Å². The van der Waals surface area contributed by atoms with Crippen molar-refractivity contribution in [2.75, 3.05) is 41.3 Å². The molecule has 2 atom stereocenters. The lowest BCUT2D eigenvalue weighted by Gasteiger charge is -2.25. The normalized spacial score (nSPS) is 26.6. The van der Waals surface area contributed by atoms with Gasteiger partial charge in [0.1, 0.15) is 5.88 Å². The van der Waals surface area contributed by atoms with E-state index in [1.165, 1.54) is 11.8 Å². The average molecular weight is 388 g/mol. The number of rotatable bonds is 3. The molecule has 9 heteroatoms. The Labute approximate surface area is 150 Å². The number of carbonyl (C=O) groups is 1. The third-order valence-electron chi connectivity index (χ3n) is 4.05. The zero-order chi connectivity index (χ0) is 17.5. The van der Waals surface area contributed by atoms with Gasteiger partial charge in [0.2, 0.25) is 0 Å². The van der Waals surface area contributed by atoms with Crippen LogP contribution >= 0.6 is 23.4 Å². The van der Waals surface area contributed by atoms with Crippen molar-refractivity contribution in [2.45, 2.75) is 11.3 Å². The number of amidine groups is 1. The number of fused-ring (bicyclic) bond motifs is 1. The first-order chi connectivity index (χ1) is 11.3. The Morgan fingerprint density at radius 3 is 2.58 bits per heavy atom. The summed E-state index contributed by atoms with van der Waals surface area (Å²) in [5.41, 5.74) is 1.87. The van der Waals surface area contributed by atoms with Gasteiger partial charge in [-0.2, -0.15) is 4.99 Å². The van der Waals surface area contributed by atoms with Crippen LogP contribution in [0.4, 0.5) is 11.4 Å². The number of aliphatic imine (C=N–C) groups is 1. The molecule has 6 nitrogen and oxygen atoms in total. The molecule has 24 heavy (non-hydrogen) atoms. The number of sulfone groups is 1. The van der Waals surface area contributed by atoms with Crippen molar-refractivity contribution >= 4 is 55.6 Å². The topological polar surface area (TPSA) is 70.0 Å². The largest absolute Gasteiger partial charge is 0.378 e. The van der Waals surface area contributed by atoms with Crippen molar-refractivity contribution in [2.24, 2.45) is 4.99 Å². The van der Waals surface area contributed by atoms with E-state index >= 15 is 0 Å². The first-order valence-corrected chi connectivity index (χ1v) is 10.7. The lowest BCUT2D eigenvalue weighted by atomic mass is 10.2. The molecule has 2 heterocycles. The molecule has 0 spiro atoms. The fraction of sp³-hybridized carbons (Fsp3) is 0.467. The summed E-state index contributed by atoms with van der Waals surface area (Å²) in [5, 5.41) is 0.425. The van der Waals surface area contributed by atoms with Gasteiger partial charge in [0.05, 0.1) is 17.5 Å². The van der Waals surface area contributed by atoms with Crippen molar-refractivity contribution in [3.63, 3.8) is 0 Å². The average Bonchev–Trinajstić information content (AvgIpc) is 2.98. The Morgan fingerprint density at radius 1 is 1.33 bits per heavy atom. The number of anilines is 2. The summed E-state index contributed by atoms with van der Waals surface area (Å²) in [6, 6.07) is 7.55. The predicted molar refractivity (Wildman–Crippen MR) is 100 cm³/mol. The summed E-state index contributed by atoms with van der Waals surface area (Å²) < 4.78 is 23.9. The predicted octanol–water partition coefficient (Wildman–Crippen LogP) is 1.59. The van der Waals surface area contributed by atoms with E-state index in [9.17, 15) is 13.2 Å². The molecule has 2 saturated heterocycles. The van der Waals surface area contributed by atoms with Gasteiger partial charge in [-0.25, -0.2) is 8.42 Å². The van der Waals surface area contributed by atoms with Gasteiger partial charge >= 0.3 is 0 Å². The fourth-order valence-electron chi connectivity index (χ4n) is 2.91. The Hall–Kier alpha value is -1.25. The molecule has 1 amide bonds. The van der Waals surface area contributed by atoms with E-state index in [2.05, 4.69) is 4.99 Å². The summed E-state index contributed by atoms with van der Waals surface area (Å²) in [4.78, 5) is 19.6. The van der Waals surface area contributed by atoms with E-state index < -0.39 is 15.7 Å². The monoisotopic (exact) mass is 387 g/mol. The van der Waals surface area contributed by atoms with Gasteiger partial charge in [0.25, 0.3) is 5.91 Å². The maximum absolute atomic E-state index is 12.0. The van der Waals surface area contributed by atoms with Crippen LogP contribution in [0.15, 0.2) is 29.3 Å². The van der Waals surface area contributed by atoms with Crippen LogP contribution in [0.5, 0.6) is 0 Å². The van der Waals surface area contributed by atoms with Crippen LogP contribution in [0.3, 0.4) is 0 Å². The molecular weight excluding hydrogens is 370 g/mol. The van der Waals surface area contributed by atoms with E-state index in [-0.39, 0.29) is 28.7 Å². The first kappa shape index (κ1) is 17.6.